The number of carbonyl (C=O) groups excluding carboxylic acids is 2. The van der Waals surface area contributed by atoms with Crippen LogP contribution in [0.25, 0.3) is 0 Å². The molecule has 0 amide bonds. The third-order valence-corrected chi connectivity index (χ3v) is 5.74. The van der Waals surface area contributed by atoms with Crippen LogP contribution >= 0.6 is 15.9 Å². The number of aliphatic imine (C=N–C) groups is 1. The second kappa shape index (κ2) is 6.46. The number of allylic oxidation sites excluding steroid dienone is 1. The van der Waals surface area contributed by atoms with Gasteiger partial charge in [-0.2, -0.15) is 0 Å². The maximum Gasteiger partial charge on any atom is 0.336 e. The van der Waals surface area contributed by atoms with E-state index in [2.05, 4.69) is 20.9 Å². The van der Waals surface area contributed by atoms with Crippen LogP contribution in [0.1, 0.15) is 34.3 Å². The fourth-order valence-corrected chi connectivity index (χ4v) is 4.31. The normalized spacial score (nSPS) is 20.9. The Bertz CT molecular complexity index is 1050. The quantitative estimate of drug-likeness (QED) is 0.737. The zero-order chi connectivity index (χ0) is 19.3. The molecule has 1 aliphatic heterocycles. The first-order valence-corrected chi connectivity index (χ1v) is 9.23. The predicted octanol–water partition coefficient (Wildman–Crippen LogP) is 4.00. The first-order valence-electron chi connectivity index (χ1n) is 8.43. The number of aromatic hydroxyl groups is 1. The number of phenols is 1. The van der Waals surface area contributed by atoms with Gasteiger partial charge in [0.15, 0.2) is 5.78 Å². The molecule has 2 unspecified atom stereocenters. The Balaban J connectivity index is 1.97. The zero-order valence-electron chi connectivity index (χ0n) is 14.7. The Kier molecular flexibility index (Phi) is 4.23. The van der Waals surface area contributed by atoms with E-state index in [1.807, 2.05) is 18.2 Å². The molecule has 2 aromatic carbocycles. The highest BCUT2D eigenvalue weighted by atomic mass is 79.9. The third-order valence-electron chi connectivity index (χ3n) is 5.10. The number of nitrogens with zero attached hydrogens (tertiary/aromatic N) is 1. The van der Waals surface area contributed by atoms with Crippen LogP contribution in [0.3, 0.4) is 0 Å². The van der Waals surface area contributed by atoms with Crippen LogP contribution in [0.15, 0.2) is 63.2 Å². The van der Waals surface area contributed by atoms with Crippen molar-refractivity contribution in [2.75, 3.05) is 7.11 Å². The highest BCUT2D eigenvalue weighted by Crippen LogP contribution is 2.46. The highest BCUT2D eigenvalue weighted by molar-refractivity contribution is 9.10. The predicted molar refractivity (Wildman–Crippen MR) is 104 cm³/mol. The largest absolute Gasteiger partial charge is 0.507 e. The Morgan fingerprint density at radius 3 is 2.52 bits per heavy atom. The van der Waals surface area contributed by atoms with Crippen molar-refractivity contribution in [1.29, 1.82) is 0 Å². The van der Waals surface area contributed by atoms with Crippen LogP contribution in [0.5, 0.6) is 5.75 Å². The van der Waals surface area contributed by atoms with Gasteiger partial charge in [0.25, 0.3) is 0 Å². The second-order valence-corrected chi connectivity index (χ2v) is 7.42. The van der Waals surface area contributed by atoms with E-state index in [-0.39, 0.29) is 11.5 Å². The number of hydrogen-bond donors (Lipinski definition) is 1. The molecule has 1 N–H and O–H groups in total. The lowest BCUT2D eigenvalue weighted by Gasteiger charge is -2.29. The Hall–Kier alpha value is -2.73. The van der Waals surface area contributed by atoms with Crippen molar-refractivity contribution in [1.82, 2.24) is 0 Å². The third kappa shape index (κ3) is 2.63. The summed E-state index contributed by atoms with van der Waals surface area (Å²) in [5.41, 5.74) is 3.73. The van der Waals surface area contributed by atoms with E-state index in [1.165, 1.54) is 7.11 Å². The fraction of sp³-hybridized carbons (Fsp3) is 0.190. The molecule has 0 fully saturated rings. The first kappa shape index (κ1) is 17.7. The molecule has 0 radical (unpaired) electrons. The molecule has 27 heavy (non-hydrogen) atoms. The molecule has 136 valence electrons. The van der Waals surface area contributed by atoms with Crippen molar-refractivity contribution in [2.24, 2.45) is 10.9 Å². The van der Waals surface area contributed by atoms with Crippen molar-refractivity contribution >= 4 is 33.4 Å². The standard InChI is InChI=1S/C21H16BrNO4/c1-10-16(21(26)27-2)17(11-7-8-15(24)14(22)9-11)18-19(23-10)12-5-3-4-6-13(12)20(18)25/h3-9,17-18,24H,1-2H3. The van der Waals surface area contributed by atoms with E-state index in [4.69, 9.17) is 4.74 Å². The Morgan fingerprint density at radius 2 is 1.85 bits per heavy atom. The Labute approximate surface area is 164 Å². The molecule has 0 saturated carbocycles. The van der Waals surface area contributed by atoms with Crippen LogP contribution in [0.2, 0.25) is 0 Å². The van der Waals surface area contributed by atoms with Gasteiger partial charge in [0.2, 0.25) is 0 Å². The number of rotatable bonds is 2. The van der Waals surface area contributed by atoms with E-state index in [0.717, 1.165) is 11.1 Å². The summed E-state index contributed by atoms with van der Waals surface area (Å²) in [6, 6.07) is 12.4. The van der Waals surface area contributed by atoms with Crippen molar-refractivity contribution in [3.8, 4) is 5.75 Å². The monoisotopic (exact) mass is 425 g/mol. The number of hydrogen-bond acceptors (Lipinski definition) is 5. The summed E-state index contributed by atoms with van der Waals surface area (Å²) >= 11 is 3.32. The minimum absolute atomic E-state index is 0.0625. The van der Waals surface area contributed by atoms with Gasteiger partial charge >= 0.3 is 5.97 Å². The van der Waals surface area contributed by atoms with Gasteiger partial charge in [-0.05, 0) is 40.5 Å². The van der Waals surface area contributed by atoms with Gasteiger partial charge in [0, 0.05) is 22.7 Å². The van der Waals surface area contributed by atoms with Crippen LogP contribution < -0.4 is 0 Å². The summed E-state index contributed by atoms with van der Waals surface area (Å²) < 4.78 is 5.48. The van der Waals surface area contributed by atoms with Gasteiger partial charge < -0.3 is 9.84 Å². The van der Waals surface area contributed by atoms with Gasteiger partial charge in [-0.25, -0.2) is 4.79 Å². The van der Waals surface area contributed by atoms with Gasteiger partial charge in [-0.3, -0.25) is 9.79 Å². The number of methoxy groups -OCH3 is 1. The molecule has 1 heterocycles. The number of ether oxygens (including phenoxy) is 1. The minimum atomic E-state index is -0.600. The summed E-state index contributed by atoms with van der Waals surface area (Å²) in [7, 11) is 1.32. The van der Waals surface area contributed by atoms with Crippen LogP contribution in [0, 0.1) is 5.92 Å². The number of phenolic OH excluding ortho intramolecular Hbond substituents is 1. The van der Waals surface area contributed by atoms with Crippen molar-refractivity contribution in [2.45, 2.75) is 12.8 Å². The molecular formula is C21H16BrNO4. The van der Waals surface area contributed by atoms with Gasteiger partial charge in [0.05, 0.1) is 28.8 Å². The Morgan fingerprint density at radius 1 is 1.15 bits per heavy atom. The summed E-state index contributed by atoms with van der Waals surface area (Å²) in [6.45, 7) is 1.75. The van der Waals surface area contributed by atoms with Crippen LogP contribution in [-0.2, 0) is 9.53 Å². The van der Waals surface area contributed by atoms with Crippen molar-refractivity contribution in [3.05, 3.63) is 74.9 Å². The average Bonchev–Trinajstić information content (AvgIpc) is 2.95. The van der Waals surface area contributed by atoms with Gasteiger partial charge in [-0.1, -0.05) is 30.3 Å². The number of Topliss-reactive ketones (excluding diaryl/α,β-unsaturated/α-hetero) is 1. The molecule has 0 spiro atoms. The smallest absolute Gasteiger partial charge is 0.336 e. The average molecular weight is 426 g/mol. The second-order valence-electron chi connectivity index (χ2n) is 6.56. The molecule has 2 aliphatic rings. The van der Waals surface area contributed by atoms with Crippen LogP contribution in [-0.4, -0.2) is 29.7 Å². The fourth-order valence-electron chi connectivity index (χ4n) is 3.91. The molecule has 2 atom stereocenters. The zero-order valence-corrected chi connectivity index (χ0v) is 16.3. The molecule has 5 nitrogen and oxygen atoms in total. The number of ketones is 1. The summed E-state index contributed by atoms with van der Waals surface area (Å²) in [5, 5.41) is 9.86. The summed E-state index contributed by atoms with van der Waals surface area (Å²) in [6.07, 6.45) is 0. The van der Waals surface area contributed by atoms with E-state index in [0.29, 0.717) is 27.0 Å². The SMILES string of the molecule is COC(=O)C1=C(C)N=C2c3ccccc3C(=O)C2C1c1ccc(O)c(Br)c1. The first-order chi connectivity index (χ1) is 12.9. The molecular weight excluding hydrogens is 410 g/mol. The number of benzene rings is 2. The number of carbonyl (C=O) groups is 2. The van der Waals surface area contributed by atoms with E-state index in [9.17, 15) is 14.7 Å². The lowest BCUT2D eigenvalue weighted by molar-refractivity contribution is -0.136. The molecule has 6 heteroatoms. The van der Waals surface area contributed by atoms with E-state index < -0.39 is 17.8 Å². The minimum Gasteiger partial charge on any atom is -0.507 e. The molecule has 4 rings (SSSR count). The van der Waals surface area contributed by atoms with Crippen molar-refractivity contribution in [3.63, 3.8) is 0 Å². The molecule has 2 aromatic rings. The summed E-state index contributed by atoms with van der Waals surface area (Å²) in [4.78, 5) is 30.4. The lowest BCUT2D eigenvalue weighted by Crippen LogP contribution is -2.32. The topological polar surface area (TPSA) is 76.0 Å². The number of esters is 1. The number of fused-ring (bicyclic) bond motifs is 3. The van der Waals surface area contributed by atoms with E-state index in [1.54, 1.807) is 31.2 Å². The van der Waals surface area contributed by atoms with Gasteiger partial charge in [-0.15, -0.1) is 0 Å². The number of halogens is 1. The molecule has 0 bridgehead atoms. The van der Waals surface area contributed by atoms with Crippen LogP contribution in [0.4, 0.5) is 0 Å². The maximum atomic E-state index is 13.2. The molecule has 0 aromatic heterocycles. The molecule has 0 saturated heterocycles. The van der Waals surface area contributed by atoms with Crippen molar-refractivity contribution < 1.29 is 19.4 Å². The summed E-state index contributed by atoms with van der Waals surface area (Å²) in [5.74, 6) is -1.62. The molecule has 1 aliphatic carbocycles. The highest BCUT2D eigenvalue weighted by Gasteiger charge is 2.47. The maximum absolute atomic E-state index is 13.2. The lowest BCUT2D eigenvalue weighted by atomic mass is 9.75. The van der Waals surface area contributed by atoms with E-state index >= 15 is 0 Å². The van der Waals surface area contributed by atoms with Gasteiger partial charge in [0.1, 0.15) is 5.75 Å².